The molecule has 0 amide bonds. The summed E-state index contributed by atoms with van der Waals surface area (Å²) in [5.74, 6) is 1.14. The van der Waals surface area contributed by atoms with Gasteiger partial charge in [0, 0.05) is 44.8 Å². The third-order valence-electron chi connectivity index (χ3n) is 4.43. The standard InChI is InChI=1S/C16H16N9O/c1-23-6-3-14(21-23)25-16-13(19-22-25)10-17-15(18-16)12-2-7-24(20-12)11-4-8-26-9-5-11/h3,6-7,10-11H,4-5,8-9H2,1H3. The summed E-state index contributed by atoms with van der Waals surface area (Å²) in [6, 6.07) is 5.34. The minimum atomic E-state index is 0.332. The van der Waals surface area contributed by atoms with E-state index in [0.29, 0.717) is 34.5 Å². The molecule has 131 valence electrons. The van der Waals surface area contributed by atoms with Crippen molar-refractivity contribution in [3.63, 3.8) is 0 Å². The zero-order valence-corrected chi connectivity index (χ0v) is 14.1. The molecule has 0 atom stereocenters. The molecule has 1 fully saturated rings. The molecule has 0 unspecified atom stereocenters. The molecule has 1 aliphatic heterocycles. The predicted molar refractivity (Wildman–Crippen MR) is 90.4 cm³/mol. The molecule has 4 aromatic heterocycles. The highest BCUT2D eigenvalue weighted by atomic mass is 16.5. The van der Waals surface area contributed by atoms with Gasteiger partial charge in [0.1, 0.15) is 5.69 Å². The molecule has 0 N–H and O–H groups in total. The number of hydrogen-bond donors (Lipinski definition) is 0. The van der Waals surface area contributed by atoms with Crippen molar-refractivity contribution >= 4 is 11.2 Å². The molecule has 0 bridgehead atoms. The van der Waals surface area contributed by atoms with Crippen LogP contribution in [-0.2, 0) is 11.8 Å². The second-order valence-electron chi connectivity index (χ2n) is 6.20. The number of rotatable bonds is 3. The van der Waals surface area contributed by atoms with Crippen LogP contribution in [-0.4, -0.2) is 57.7 Å². The quantitative estimate of drug-likeness (QED) is 0.542. The second kappa shape index (κ2) is 5.99. The average molecular weight is 350 g/mol. The average Bonchev–Trinajstić information content (AvgIpc) is 3.41. The maximum absolute atomic E-state index is 5.41. The van der Waals surface area contributed by atoms with Crippen LogP contribution in [0, 0.1) is 6.07 Å². The van der Waals surface area contributed by atoms with E-state index in [2.05, 4.69) is 36.5 Å². The van der Waals surface area contributed by atoms with Crippen molar-refractivity contribution in [1.82, 2.24) is 44.5 Å². The number of hydrogen-bond acceptors (Lipinski definition) is 7. The van der Waals surface area contributed by atoms with Gasteiger partial charge >= 0.3 is 0 Å². The van der Waals surface area contributed by atoms with Crippen LogP contribution in [0.3, 0.4) is 0 Å². The van der Waals surface area contributed by atoms with Gasteiger partial charge in [0.25, 0.3) is 0 Å². The van der Waals surface area contributed by atoms with Crippen LogP contribution in [0.25, 0.3) is 28.5 Å². The Morgan fingerprint density at radius 2 is 2.12 bits per heavy atom. The molecule has 4 aromatic rings. The van der Waals surface area contributed by atoms with E-state index in [-0.39, 0.29) is 0 Å². The lowest BCUT2D eigenvalue weighted by molar-refractivity contribution is 0.0663. The largest absolute Gasteiger partial charge is 0.381 e. The molecule has 0 aliphatic carbocycles. The highest BCUT2D eigenvalue weighted by molar-refractivity contribution is 5.72. The van der Waals surface area contributed by atoms with E-state index in [1.807, 2.05) is 30.2 Å². The SMILES string of the molecule is Cn1ccc(-n2nnc3cnc(-c4[c]cn(C5CCOCC5)n4)nc32)n1. The van der Waals surface area contributed by atoms with Gasteiger partial charge in [0.2, 0.25) is 0 Å². The van der Waals surface area contributed by atoms with Crippen molar-refractivity contribution in [2.24, 2.45) is 7.05 Å². The summed E-state index contributed by atoms with van der Waals surface area (Å²) < 4.78 is 10.6. The van der Waals surface area contributed by atoms with Crippen LogP contribution in [0.5, 0.6) is 0 Å². The lowest BCUT2D eigenvalue weighted by Crippen LogP contribution is -2.19. The number of aryl methyl sites for hydroxylation is 1. The van der Waals surface area contributed by atoms with Gasteiger partial charge in [-0.1, -0.05) is 5.21 Å². The lowest BCUT2D eigenvalue weighted by atomic mass is 10.1. The van der Waals surface area contributed by atoms with Crippen molar-refractivity contribution in [3.05, 3.63) is 30.7 Å². The van der Waals surface area contributed by atoms with Crippen molar-refractivity contribution in [3.8, 4) is 17.3 Å². The van der Waals surface area contributed by atoms with Crippen molar-refractivity contribution < 1.29 is 4.74 Å². The van der Waals surface area contributed by atoms with Gasteiger partial charge in [-0.2, -0.15) is 14.9 Å². The van der Waals surface area contributed by atoms with Gasteiger partial charge in [-0.15, -0.1) is 5.10 Å². The van der Waals surface area contributed by atoms with Crippen molar-refractivity contribution in [2.75, 3.05) is 13.2 Å². The maximum Gasteiger partial charge on any atom is 0.189 e. The van der Waals surface area contributed by atoms with E-state index in [1.165, 1.54) is 0 Å². The number of aromatic nitrogens is 9. The molecule has 1 aliphatic rings. The lowest BCUT2D eigenvalue weighted by Gasteiger charge is -2.22. The van der Waals surface area contributed by atoms with Crippen molar-refractivity contribution in [2.45, 2.75) is 18.9 Å². The molecule has 1 saturated heterocycles. The van der Waals surface area contributed by atoms with Crippen LogP contribution in [0.2, 0.25) is 0 Å². The van der Waals surface area contributed by atoms with E-state index in [4.69, 9.17) is 4.74 Å². The molecule has 0 saturated carbocycles. The molecule has 5 heterocycles. The third kappa shape index (κ3) is 2.54. The normalized spacial score (nSPS) is 15.7. The van der Waals surface area contributed by atoms with Crippen LogP contribution in [0.1, 0.15) is 18.9 Å². The first-order chi connectivity index (χ1) is 12.8. The Labute approximate surface area is 148 Å². The minimum Gasteiger partial charge on any atom is -0.381 e. The summed E-state index contributed by atoms with van der Waals surface area (Å²) in [4.78, 5) is 8.96. The van der Waals surface area contributed by atoms with E-state index in [0.717, 1.165) is 26.1 Å². The molecular formula is C16H16N9O. The van der Waals surface area contributed by atoms with Crippen LogP contribution < -0.4 is 0 Å². The molecule has 10 nitrogen and oxygen atoms in total. The van der Waals surface area contributed by atoms with Crippen molar-refractivity contribution in [1.29, 1.82) is 0 Å². The summed E-state index contributed by atoms with van der Waals surface area (Å²) in [5, 5.41) is 17.2. The summed E-state index contributed by atoms with van der Waals surface area (Å²) in [6.45, 7) is 1.52. The topological polar surface area (TPSA) is 101 Å². The molecule has 10 heteroatoms. The van der Waals surface area contributed by atoms with Crippen LogP contribution in [0.4, 0.5) is 0 Å². The van der Waals surface area contributed by atoms with E-state index in [1.54, 1.807) is 15.6 Å². The fraction of sp³-hybridized carbons (Fsp3) is 0.375. The third-order valence-corrected chi connectivity index (χ3v) is 4.43. The Bertz CT molecular complexity index is 1060. The highest BCUT2D eigenvalue weighted by Crippen LogP contribution is 2.22. The Kier molecular flexibility index (Phi) is 3.49. The summed E-state index contributed by atoms with van der Waals surface area (Å²) >= 11 is 0. The van der Waals surface area contributed by atoms with E-state index < -0.39 is 0 Å². The van der Waals surface area contributed by atoms with Gasteiger partial charge in [-0.25, -0.2) is 9.97 Å². The smallest absolute Gasteiger partial charge is 0.189 e. The van der Waals surface area contributed by atoms with Gasteiger partial charge in [-0.05, 0) is 12.8 Å². The molecule has 5 rings (SSSR count). The first kappa shape index (κ1) is 15.1. The maximum atomic E-state index is 5.41. The van der Waals surface area contributed by atoms with Crippen LogP contribution in [0.15, 0.2) is 24.7 Å². The Morgan fingerprint density at radius 3 is 2.92 bits per heavy atom. The fourth-order valence-corrected chi connectivity index (χ4v) is 3.06. The molecule has 26 heavy (non-hydrogen) atoms. The fourth-order valence-electron chi connectivity index (χ4n) is 3.06. The summed E-state index contributed by atoms with van der Waals surface area (Å²) in [7, 11) is 1.85. The van der Waals surface area contributed by atoms with E-state index >= 15 is 0 Å². The number of nitrogens with zero attached hydrogens (tertiary/aromatic N) is 9. The summed E-state index contributed by atoms with van der Waals surface area (Å²) in [5.41, 5.74) is 1.79. The molecule has 0 spiro atoms. The van der Waals surface area contributed by atoms with Gasteiger partial charge in [-0.3, -0.25) is 9.36 Å². The predicted octanol–water partition coefficient (Wildman–Crippen LogP) is 0.959. The zero-order chi connectivity index (χ0) is 17.5. The summed E-state index contributed by atoms with van der Waals surface area (Å²) in [6.07, 6.45) is 7.24. The first-order valence-corrected chi connectivity index (χ1v) is 8.41. The van der Waals surface area contributed by atoms with Gasteiger partial charge in [0.05, 0.1) is 12.2 Å². The zero-order valence-electron chi connectivity index (χ0n) is 14.1. The Hall–Kier alpha value is -3.14. The highest BCUT2D eigenvalue weighted by Gasteiger charge is 2.19. The second-order valence-corrected chi connectivity index (χ2v) is 6.20. The van der Waals surface area contributed by atoms with E-state index in [9.17, 15) is 0 Å². The minimum absolute atomic E-state index is 0.332. The molecular weight excluding hydrogens is 334 g/mol. The van der Waals surface area contributed by atoms with Crippen LogP contribution >= 0.6 is 0 Å². The van der Waals surface area contributed by atoms with Gasteiger partial charge < -0.3 is 4.74 Å². The number of fused-ring (bicyclic) bond motifs is 1. The first-order valence-electron chi connectivity index (χ1n) is 8.41. The number of ether oxygens (including phenoxy) is 1. The molecule has 1 radical (unpaired) electrons. The molecule has 0 aromatic carbocycles. The monoisotopic (exact) mass is 350 g/mol. The van der Waals surface area contributed by atoms with Gasteiger partial charge in [0.15, 0.2) is 22.8 Å². The Morgan fingerprint density at radius 1 is 1.23 bits per heavy atom. The Balaban J connectivity index is 1.52.